The zero-order valence-corrected chi connectivity index (χ0v) is 36.3. The Kier molecular flexibility index (Phi) is 12.8. The molecule has 0 nitrogen and oxygen atoms in total. The molecule has 0 aromatic heterocycles. The highest BCUT2D eigenvalue weighted by Crippen LogP contribution is 2.70. The molecule has 0 bridgehead atoms. The predicted octanol–water partition coefficient (Wildman–Crippen LogP) is 15.4. The summed E-state index contributed by atoms with van der Waals surface area (Å²) in [4.78, 5) is 0. The van der Waals surface area contributed by atoms with E-state index in [4.69, 9.17) is 0 Å². The van der Waals surface area contributed by atoms with Gasteiger partial charge in [0.05, 0.1) is 8.07 Å². The molecule has 280 valence electrons. The van der Waals surface area contributed by atoms with Crippen molar-refractivity contribution in [3.05, 3.63) is 34.9 Å². The molecule has 0 heterocycles. The van der Waals surface area contributed by atoms with Gasteiger partial charge in [-0.15, -0.1) is 0 Å². The lowest BCUT2D eigenvalue weighted by Gasteiger charge is -2.53. The fourth-order valence-electron chi connectivity index (χ4n) is 13.8. The van der Waals surface area contributed by atoms with Crippen LogP contribution < -0.4 is 0 Å². The van der Waals surface area contributed by atoms with Crippen LogP contribution in [0.2, 0.25) is 23.2 Å². The van der Waals surface area contributed by atoms with Gasteiger partial charge in [0.25, 0.3) is 0 Å². The Balaban J connectivity index is 1.64. The van der Waals surface area contributed by atoms with Crippen molar-refractivity contribution in [3.8, 4) is 0 Å². The lowest BCUT2D eigenvalue weighted by molar-refractivity contribution is 0.120. The van der Waals surface area contributed by atoms with Gasteiger partial charge < -0.3 is 0 Å². The average molecular weight is 689 g/mol. The van der Waals surface area contributed by atoms with Crippen molar-refractivity contribution in [2.45, 2.75) is 213 Å². The SMILES string of the molecule is CCCCCC[Si](CCCCCC)(C1C(C)C(C)C(C)C1C)C1C(C)CC2C1CC1CCCC1C2c1cc(C(C)(C)C)cc(C(C)(C)C)c1. The number of rotatable bonds is 13. The summed E-state index contributed by atoms with van der Waals surface area (Å²) < 4.78 is 0. The third-order valence-electron chi connectivity index (χ3n) is 16.5. The third-order valence-corrected chi connectivity index (χ3v) is 23.8. The van der Waals surface area contributed by atoms with Crippen LogP contribution in [0.3, 0.4) is 0 Å². The molecular formula is C48H84Si. The fraction of sp³-hybridized carbons (Fsp3) is 0.875. The van der Waals surface area contributed by atoms with Crippen molar-refractivity contribution >= 4 is 8.07 Å². The molecule has 0 aliphatic heterocycles. The Morgan fingerprint density at radius 2 is 1.10 bits per heavy atom. The molecule has 0 saturated heterocycles. The average Bonchev–Trinajstić information content (AvgIpc) is 3.69. The second-order valence-electron chi connectivity index (χ2n) is 21.3. The summed E-state index contributed by atoms with van der Waals surface area (Å²) >= 11 is 0. The Hall–Kier alpha value is -0.563. The van der Waals surface area contributed by atoms with E-state index in [0.717, 1.165) is 70.3 Å². The van der Waals surface area contributed by atoms with Crippen molar-refractivity contribution in [1.82, 2.24) is 0 Å². The summed E-state index contributed by atoms with van der Waals surface area (Å²) in [5.41, 5.74) is 7.38. The van der Waals surface area contributed by atoms with Gasteiger partial charge in [-0.25, -0.2) is 0 Å². The van der Waals surface area contributed by atoms with Gasteiger partial charge in [-0.1, -0.05) is 185 Å². The Labute approximate surface area is 308 Å². The van der Waals surface area contributed by atoms with Crippen LogP contribution >= 0.6 is 0 Å². The van der Waals surface area contributed by atoms with E-state index in [0.29, 0.717) is 0 Å². The molecule has 5 rings (SSSR count). The Morgan fingerprint density at radius 1 is 0.571 bits per heavy atom. The van der Waals surface area contributed by atoms with Crippen LogP contribution in [0.4, 0.5) is 0 Å². The van der Waals surface area contributed by atoms with Crippen molar-refractivity contribution < 1.29 is 0 Å². The van der Waals surface area contributed by atoms with E-state index in [2.05, 4.69) is 108 Å². The summed E-state index contributed by atoms with van der Waals surface area (Å²) in [6.07, 6.45) is 19.3. The van der Waals surface area contributed by atoms with Gasteiger partial charge in [-0.3, -0.25) is 0 Å². The molecule has 0 amide bonds. The molecule has 1 aromatic rings. The molecule has 4 aliphatic rings. The molecule has 1 heteroatoms. The van der Waals surface area contributed by atoms with Gasteiger partial charge in [-0.2, -0.15) is 0 Å². The van der Waals surface area contributed by atoms with E-state index in [-0.39, 0.29) is 10.8 Å². The summed E-state index contributed by atoms with van der Waals surface area (Å²) in [7, 11) is -1.67. The quantitative estimate of drug-likeness (QED) is 0.143. The van der Waals surface area contributed by atoms with E-state index in [1.54, 1.807) is 35.2 Å². The minimum Gasteiger partial charge on any atom is -0.0654 e. The second kappa shape index (κ2) is 15.8. The van der Waals surface area contributed by atoms with Gasteiger partial charge in [-0.05, 0) is 117 Å². The van der Waals surface area contributed by atoms with E-state index in [1.807, 2.05) is 0 Å². The molecule has 49 heavy (non-hydrogen) atoms. The first-order valence-corrected chi connectivity index (χ1v) is 24.8. The highest BCUT2D eigenvalue weighted by molar-refractivity contribution is 6.83. The van der Waals surface area contributed by atoms with Crippen LogP contribution in [0.1, 0.15) is 196 Å². The second-order valence-corrected chi connectivity index (χ2v) is 26.1. The van der Waals surface area contributed by atoms with Crippen molar-refractivity contribution in [1.29, 1.82) is 0 Å². The van der Waals surface area contributed by atoms with Gasteiger partial charge in [0.15, 0.2) is 0 Å². The van der Waals surface area contributed by atoms with Crippen LogP contribution in [0, 0.1) is 53.3 Å². The van der Waals surface area contributed by atoms with Crippen LogP contribution in [-0.4, -0.2) is 8.07 Å². The summed E-state index contributed by atoms with van der Waals surface area (Å²) in [5.74, 6) is 9.08. The zero-order valence-electron chi connectivity index (χ0n) is 35.3. The molecule has 0 N–H and O–H groups in total. The highest BCUT2D eigenvalue weighted by Gasteiger charge is 2.63. The zero-order chi connectivity index (χ0) is 35.9. The molecule has 11 unspecified atom stereocenters. The molecule has 11 atom stereocenters. The standard InChI is InChI=1S/C48H84Si/c1-14-16-18-20-25-49(26-21-19-17-15-2,46-35(6)33(4)34(5)36(46)7)45-32(3)27-42-43(45)30-37-23-22-24-41(37)44(42)38-28-39(47(8,9)10)31-40(29-38)48(11,12)13/h28-29,31-37,41-46H,14-27,30H2,1-13H3. The fourth-order valence-corrected chi connectivity index (χ4v) is 22.8. The number of benzene rings is 1. The van der Waals surface area contributed by atoms with Crippen molar-refractivity contribution in [2.75, 3.05) is 0 Å². The summed E-state index contributed by atoms with van der Waals surface area (Å²) in [6, 6.07) is 11.4. The molecule has 0 radical (unpaired) electrons. The largest absolute Gasteiger partial charge is 0.0654 e. The summed E-state index contributed by atoms with van der Waals surface area (Å²) in [5, 5.41) is 0. The first-order valence-electron chi connectivity index (χ1n) is 22.2. The number of fused-ring (bicyclic) bond motifs is 2. The van der Waals surface area contributed by atoms with Crippen LogP contribution in [0.5, 0.6) is 0 Å². The Morgan fingerprint density at radius 3 is 1.59 bits per heavy atom. The monoisotopic (exact) mass is 689 g/mol. The summed E-state index contributed by atoms with van der Waals surface area (Å²) in [6.45, 7) is 33.2. The molecule has 1 aromatic carbocycles. The van der Waals surface area contributed by atoms with E-state index < -0.39 is 8.07 Å². The number of hydrogen-bond acceptors (Lipinski definition) is 0. The minimum absolute atomic E-state index is 0.186. The maximum atomic E-state index is 2.82. The third kappa shape index (κ3) is 7.89. The first-order chi connectivity index (χ1) is 23.1. The smallest absolute Gasteiger partial charge is 0.0609 e. The maximum absolute atomic E-state index is 2.82. The van der Waals surface area contributed by atoms with Gasteiger partial charge in [0.1, 0.15) is 0 Å². The minimum atomic E-state index is -1.67. The molecule has 4 fully saturated rings. The van der Waals surface area contributed by atoms with E-state index >= 15 is 0 Å². The first kappa shape index (κ1) is 39.6. The van der Waals surface area contributed by atoms with Crippen molar-refractivity contribution in [2.24, 2.45) is 53.3 Å². The number of unbranched alkanes of at least 4 members (excludes halogenated alkanes) is 6. The topological polar surface area (TPSA) is 0 Å². The van der Waals surface area contributed by atoms with Crippen LogP contribution in [0.15, 0.2) is 18.2 Å². The van der Waals surface area contributed by atoms with Crippen molar-refractivity contribution in [3.63, 3.8) is 0 Å². The maximum Gasteiger partial charge on any atom is 0.0609 e. The lowest BCUT2D eigenvalue weighted by atomic mass is 9.61. The normalized spacial score (nSPS) is 36.7. The Bertz CT molecular complexity index is 1140. The van der Waals surface area contributed by atoms with Crippen LogP contribution in [0.25, 0.3) is 0 Å². The van der Waals surface area contributed by atoms with Gasteiger partial charge in [0.2, 0.25) is 0 Å². The molecule has 4 aliphatic carbocycles. The molecule has 0 spiro atoms. The number of hydrogen-bond donors (Lipinski definition) is 0. The molecule has 4 saturated carbocycles. The highest BCUT2D eigenvalue weighted by atomic mass is 28.3. The van der Waals surface area contributed by atoms with E-state index in [1.165, 1.54) is 77.0 Å². The van der Waals surface area contributed by atoms with Crippen LogP contribution in [-0.2, 0) is 10.8 Å². The molecular weight excluding hydrogens is 605 g/mol. The van der Waals surface area contributed by atoms with Gasteiger partial charge >= 0.3 is 0 Å². The van der Waals surface area contributed by atoms with Gasteiger partial charge in [0, 0.05) is 0 Å². The lowest BCUT2D eigenvalue weighted by Crippen LogP contribution is -2.52. The van der Waals surface area contributed by atoms with E-state index in [9.17, 15) is 0 Å². The predicted molar refractivity (Wildman–Crippen MR) is 221 cm³/mol.